The molecule has 2 heterocycles. The number of aryl methyl sites for hydroxylation is 1. The van der Waals surface area contributed by atoms with Crippen LogP contribution in [0, 0.1) is 0 Å². The monoisotopic (exact) mass is 292 g/mol. The summed E-state index contributed by atoms with van der Waals surface area (Å²) in [7, 11) is 1.60. The number of hydrogen-bond donors (Lipinski definition) is 2. The summed E-state index contributed by atoms with van der Waals surface area (Å²) in [6.45, 7) is 0.315. The summed E-state index contributed by atoms with van der Waals surface area (Å²) < 4.78 is 1.36. The Morgan fingerprint density at radius 2 is 2.25 bits per heavy atom. The third kappa shape index (κ3) is 3.34. The van der Waals surface area contributed by atoms with E-state index in [2.05, 4.69) is 5.32 Å². The van der Waals surface area contributed by atoms with E-state index in [1.54, 1.807) is 19.3 Å². The highest BCUT2D eigenvalue weighted by Gasteiger charge is 2.12. The second-order valence-corrected chi connectivity index (χ2v) is 5.39. The molecule has 1 atom stereocenters. The van der Waals surface area contributed by atoms with Crippen LogP contribution in [0.15, 0.2) is 40.6 Å². The number of hydrogen-bond acceptors (Lipinski definition) is 4. The van der Waals surface area contributed by atoms with Crippen molar-refractivity contribution in [2.45, 2.75) is 12.5 Å². The minimum Gasteiger partial charge on any atom is -0.388 e. The lowest BCUT2D eigenvalue weighted by molar-refractivity contribution is 0.0941. The van der Waals surface area contributed by atoms with Gasteiger partial charge in [0.1, 0.15) is 5.56 Å². The summed E-state index contributed by atoms with van der Waals surface area (Å²) in [4.78, 5) is 24.5. The number of aromatic nitrogens is 1. The highest BCUT2D eigenvalue weighted by atomic mass is 32.1. The molecular weight excluding hydrogens is 276 g/mol. The van der Waals surface area contributed by atoms with E-state index in [1.807, 2.05) is 17.5 Å². The number of aliphatic hydroxyl groups is 1. The molecule has 0 bridgehead atoms. The Morgan fingerprint density at radius 3 is 2.95 bits per heavy atom. The maximum absolute atomic E-state index is 11.9. The molecule has 0 unspecified atom stereocenters. The molecule has 2 aromatic rings. The van der Waals surface area contributed by atoms with Gasteiger partial charge in [0.25, 0.3) is 11.5 Å². The first-order valence-electron chi connectivity index (χ1n) is 6.25. The maximum Gasteiger partial charge on any atom is 0.263 e. The zero-order valence-corrected chi connectivity index (χ0v) is 11.9. The summed E-state index contributed by atoms with van der Waals surface area (Å²) in [5.74, 6) is -0.412. The van der Waals surface area contributed by atoms with Gasteiger partial charge in [-0.05, 0) is 30.0 Å². The molecule has 0 aromatic carbocycles. The van der Waals surface area contributed by atoms with E-state index in [1.165, 1.54) is 22.0 Å². The number of amides is 1. The molecule has 0 aliphatic carbocycles. The Bertz CT molecular complexity index is 634. The zero-order valence-electron chi connectivity index (χ0n) is 11.1. The Labute approximate surface area is 120 Å². The minimum absolute atomic E-state index is 0.112. The van der Waals surface area contributed by atoms with Crippen molar-refractivity contribution < 1.29 is 9.90 Å². The number of rotatable bonds is 5. The van der Waals surface area contributed by atoms with Crippen molar-refractivity contribution in [3.05, 3.63) is 56.6 Å². The highest BCUT2D eigenvalue weighted by Crippen LogP contribution is 2.20. The van der Waals surface area contributed by atoms with Gasteiger partial charge < -0.3 is 15.0 Å². The average Bonchev–Trinajstić information content (AvgIpc) is 2.95. The molecule has 0 saturated heterocycles. The summed E-state index contributed by atoms with van der Waals surface area (Å²) in [5.41, 5.74) is -0.218. The fourth-order valence-electron chi connectivity index (χ4n) is 1.81. The van der Waals surface area contributed by atoms with Gasteiger partial charge in [0.05, 0.1) is 6.10 Å². The SMILES string of the molecule is Cn1cccc(C(=O)NCC[C@H](O)c2cccs2)c1=O. The molecule has 0 fully saturated rings. The molecule has 0 aliphatic heterocycles. The van der Waals surface area contributed by atoms with Gasteiger partial charge in [0.15, 0.2) is 0 Å². The number of pyridine rings is 1. The predicted octanol–water partition coefficient (Wildman–Crippen LogP) is 1.30. The first-order chi connectivity index (χ1) is 9.59. The Balaban J connectivity index is 1.90. The van der Waals surface area contributed by atoms with Crippen LogP contribution in [0.2, 0.25) is 0 Å². The summed E-state index contributed by atoms with van der Waals surface area (Å²) in [6, 6.07) is 6.86. The number of nitrogens with one attached hydrogen (secondary N) is 1. The third-order valence-electron chi connectivity index (χ3n) is 2.94. The van der Waals surface area contributed by atoms with Crippen LogP contribution < -0.4 is 10.9 Å². The second kappa shape index (κ2) is 6.49. The Hall–Kier alpha value is -1.92. The zero-order chi connectivity index (χ0) is 14.5. The van der Waals surface area contributed by atoms with Crippen LogP contribution in [-0.4, -0.2) is 22.1 Å². The predicted molar refractivity (Wildman–Crippen MR) is 77.9 cm³/mol. The minimum atomic E-state index is -0.589. The third-order valence-corrected chi connectivity index (χ3v) is 3.92. The fourth-order valence-corrected chi connectivity index (χ4v) is 2.56. The van der Waals surface area contributed by atoms with E-state index in [-0.39, 0.29) is 11.1 Å². The summed E-state index contributed by atoms with van der Waals surface area (Å²) in [6.07, 6.45) is 1.42. The van der Waals surface area contributed by atoms with Crippen molar-refractivity contribution in [3.63, 3.8) is 0 Å². The van der Waals surface area contributed by atoms with Crippen molar-refractivity contribution in [2.75, 3.05) is 6.54 Å². The molecular formula is C14H16N2O3S. The van der Waals surface area contributed by atoms with Gasteiger partial charge in [-0.3, -0.25) is 9.59 Å². The van der Waals surface area contributed by atoms with E-state index < -0.39 is 12.0 Å². The number of carbonyl (C=O) groups is 1. The lowest BCUT2D eigenvalue weighted by Gasteiger charge is -2.09. The van der Waals surface area contributed by atoms with Crippen LogP contribution in [0.25, 0.3) is 0 Å². The lowest BCUT2D eigenvalue weighted by atomic mass is 10.2. The van der Waals surface area contributed by atoms with Crippen molar-refractivity contribution in [1.82, 2.24) is 9.88 Å². The molecule has 2 aromatic heterocycles. The van der Waals surface area contributed by atoms with Gasteiger partial charge in [-0.1, -0.05) is 6.07 Å². The van der Waals surface area contributed by atoms with Crippen LogP contribution in [-0.2, 0) is 7.05 Å². The molecule has 20 heavy (non-hydrogen) atoms. The van der Waals surface area contributed by atoms with Crippen molar-refractivity contribution in [1.29, 1.82) is 0 Å². The van der Waals surface area contributed by atoms with E-state index in [0.29, 0.717) is 13.0 Å². The van der Waals surface area contributed by atoms with Gasteiger partial charge in [-0.25, -0.2) is 0 Å². The second-order valence-electron chi connectivity index (χ2n) is 4.41. The molecule has 0 saturated carbocycles. The standard InChI is InChI=1S/C14H16N2O3S/c1-16-8-2-4-10(14(16)19)13(18)15-7-6-11(17)12-5-3-9-20-12/h2-5,8-9,11,17H,6-7H2,1H3,(H,15,18)/t11-/m0/s1. The topological polar surface area (TPSA) is 71.3 Å². The van der Waals surface area contributed by atoms with Gasteiger partial charge >= 0.3 is 0 Å². The van der Waals surface area contributed by atoms with Crippen LogP contribution in [0.4, 0.5) is 0 Å². The van der Waals surface area contributed by atoms with E-state index in [0.717, 1.165) is 4.88 Å². The number of thiophene rings is 1. The van der Waals surface area contributed by atoms with Crippen molar-refractivity contribution in [2.24, 2.45) is 7.05 Å². The van der Waals surface area contributed by atoms with Crippen LogP contribution in [0.5, 0.6) is 0 Å². The van der Waals surface area contributed by atoms with Gasteiger partial charge in [0.2, 0.25) is 0 Å². The Morgan fingerprint density at radius 1 is 1.45 bits per heavy atom. The molecule has 6 heteroatoms. The van der Waals surface area contributed by atoms with Crippen LogP contribution >= 0.6 is 11.3 Å². The fraction of sp³-hybridized carbons (Fsp3) is 0.286. The van der Waals surface area contributed by atoms with Crippen LogP contribution in [0.1, 0.15) is 27.8 Å². The molecule has 106 valence electrons. The summed E-state index contributed by atoms with van der Waals surface area (Å²) in [5, 5.41) is 14.4. The molecule has 1 amide bonds. The molecule has 0 aliphatic rings. The van der Waals surface area contributed by atoms with E-state index in [9.17, 15) is 14.7 Å². The first kappa shape index (κ1) is 14.5. The average molecular weight is 292 g/mol. The number of aliphatic hydroxyl groups excluding tert-OH is 1. The number of carbonyl (C=O) groups excluding carboxylic acids is 1. The molecule has 2 rings (SSSR count). The van der Waals surface area contributed by atoms with Crippen molar-refractivity contribution >= 4 is 17.2 Å². The molecule has 2 N–H and O–H groups in total. The highest BCUT2D eigenvalue weighted by molar-refractivity contribution is 7.10. The first-order valence-corrected chi connectivity index (χ1v) is 7.13. The van der Waals surface area contributed by atoms with Gasteiger partial charge in [-0.2, -0.15) is 0 Å². The van der Waals surface area contributed by atoms with E-state index in [4.69, 9.17) is 0 Å². The molecule has 0 radical (unpaired) electrons. The summed E-state index contributed by atoms with van der Waals surface area (Å²) >= 11 is 1.47. The largest absolute Gasteiger partial charge is 0.388 e. The molecule has 5 nitrogen and oxygen atoms in total. The van der Waals surface area contributed by atoms with Gasteiger partial charge in [-0.15, -0.1) is 11.3 Å². The quantitative estimate of drug-likeness (QED) is 0.872. The normalized spacial score (nSPS) is 12.1. The lowest BCUT2D eigenvalue weighted by Crippen LogP contribution is -2.32. The smallest absolute Gasteiger partial charge is 0.263 e. The van der Waals surface area contributed by atoms with E-state index >= 15 is 0 Å². The molecule has 0 spiro atoms. The maximum atomic E-state index is 11.9. The Kier molecular flexibility index (Phi) is 4.70. The van der Waals surface area contributed by atoms with Gasteiger partial charge in [0, 0.05) is 24.7 Å². The van der Waals surface area contributed by atoms with Crippen LogP contribution in [0.3, 0.4) is 0 Å². The van der Waals surface area contributed by atoms with Crippen molar-refractivity contribution in [3.8, 4) is 0 Å². The number of nitrogens with zero attached hydrogens (tertiary/aromatic N) is 1.